The average Bonchev–Trinajstić information content (AvgIpc) is 3.02. The van der Waals surface area contributed by atoms with Crippen molar-refractivity contribution in [2.24, 2.45) is 0 Å². The summed E-state index contributed by atoms with van der Waals surface area (Å²) in [7, 11) is 0. The molecule has 2 heterocycles. The average molecular weight is 475 g/mol. The summed E-state index contributed by atoms with van der Waals surface area (Å²) < 4.78 is 7.81. The standard InChI is InChI=1S/C29H34N2O4/c1-29(2,3)35-28(34)30-21-15-19-11-7-8-12-22(19)26-25(18-9-5-4-6-10-18)23-14-13-20(27(32)33)16-24(23)31(26)17-21/h7-8,11-14,16,18,21H,4-6,9-10,15,17H2,1-3H3,(H,30,34)(H,32,33). The zero-order valence-corrected chi connectivity index (χ0v) is 20.8. The third-order valence-electron chi connectivity index (χ3n) is 7.23. The predicted octanol–water partition coefficient (Wildman–Crippen LogP) is 6.50. The van der Waals surface area contributed by atoms with Crippen LogP contribution in [0.1, 0.15) is 80.3 Å². The van der Waals surface area contributed by atoms with E-state index >= 15 is 0 Å². The number of nitrogens with zero attached hydrogens (tertiary/aromatic N) is 1. The molecule has 0 bridgehead atoms. The molecule has 1 atom stereocenters. The number of nitrogens with one attached hydrogen (secondary N) is 1. The zero-order valence-electron chi connectivity index (χ0n) is 20.8. The maximum absolute atomic E-state index is 12.7. The number of aromatic carboxylic acids is 1. The van der Waals surface area contributed by atoms with E-state index in [2.05, 4.69) is 28.1 Å². The summed E-state index contributed by atoms with van der Waals surface area (Å²) in [6.07, 6.45) is 6.25. The summed E-state index contributed by atoms with van der Waals surface area (Å²) in [5.74, 6) is -0.485. The number of carbonyl (C=O) groups is 2. The van der Waals surface area contributed by atoms with Crippen molar-refractivity contribution in [3.63, 3.8) is 0 Å². The number of benzene rings is 2. The maximum atomic E-state index is 12.7. The summed E-state index contributed by atoms with van der Waals surface area (Å²) in [6.45, 7) is 6.12. The quantitative estimate of drug-likeness (QED) is 0.454. The van der Waals surface area contributed by atoms with Gasteiger partial charge in [-0.1, -0.05) is 49.6 Å². The van der Waals surface area contributed by atoms with E-state index in [0.717, 1.165) is 23.7 Å². The van der Waals surface area contributed by atoms with Crippen LogP contribution in [0.2, 0.25) is 0 Å². The van der Waals surface area contributed by atoms with Crippen molar-refractivity contribution in [3.05, 3.63) is 59.2 Å². The van der Waals surface area contributed by atoms with Crippen LogP contribution in [0.15, 0.2) is 42.5 Å². The van der Waals surface area contributed by atoms with Gasteiger partial charge >= 0.3 is 12.1 Å². The summed E-state index contributed by atoms with van der Waals surface area (Å²) in [4.78, 5) is 24.5. The Morgan fingerprint density at radius 3 is 2.51 bits per heavy atom. The molecule has 1 aliphatic heterocycles. The summed E-state index contributed by atoms with van der Waals surface area (Å²) in [6, 6.07) is 13.7. The first-order valence-electron chi connectivity index (χ1n) is 12.7. The predicted molar refractivity (Wildman–Crippen MR) is 137 cm³/mol. The van der Waals surface area contributed by atoms with Gasteiger partial charge in [0.25, 0.3) is 0 Å². The van der Waals surface area contributed by atoms with Crippen molar-refractivity contribution in [2.45, 2.75) is 83.4 Å². The smallest absolute Gasteiger partial charge is 0.407 e. The Balaban J connectivity index is 1.69. The second-order valence-electron chi connectivity index (χ2n) is 10.9. The van der Waals surface area contributed by atoms with Gasteiger partial charge in [0.2, 0.25) is 0 Å². The molecule has 2 N–H and O–H groups in total. The third kappa shape index (κ3) is 4.66. The minimum atomic E-state index is -0.931. The number of carbonyl (C=O) groups excluding carboxylic acids is 1. The summed E-state index contributed by atoms with van der Waals surface area (Å²) >= 11 is 0. The van der Waals surface area contributed by atoms with Crippen molar-refractivity contribution < 1.29 is 19.4 Å². The molecule has 6 heteroatoms. The van der Waals surface area contributed by atoms with Gasteiger partial charge in [-0.05, 0) is 69.2 Å². The molecule has 0 radical (unpaired) electrons. The lowest BCUT2D eigenvalue weighted by molar-refractivity contribution is 0.0499. The molecule has 5 rings (SSSR count). The number of hydrogen-bond acceptors (Lipinski definition) is 3. The molecular weight excluding hydrogens is 440 g/mol. The van der Waals surface area contributed by atoms with Gasteiger partial charge in [-0.15, -0.1) is 0 Å². The molecule has 1 aliphatic carbocycles. The number of rotatable bonds is 3. The molecule has 1 amide bonds. The topological polar surface area (TPSA) is 80.6 Å². The van der Waals surface area contributed by atoms with Gasteiger partial charge in [0.15, 0.2) is 0 Å². The molecule has 1 unspecified atom stereocenters. The second kappa shape index (κ2) is 9.06. The Kier molecular flexibility index (Phi) is 6.07. The summed E-state index contributed by atoms with van der Waals surface area (Å²) in [5, 5.41) is 13.9. The lowest BCUT2D eigenvalue weighted by Crippen LogP contribution is -2.42. The first-order valence-corrected chi connectivity index (χ1v) is 12.7. The monoisotopic (exact) mass is 474 g/mol. The van der Waals surface area contributed by atoms with Crippen LogP contribution in [-0.2, 0) is 17.7 Å². The molecule has 35 heavy (non-hydrogen) atoms. The fourth-order valence-corrected chi connectivity index (χ4v) is 5.84. The normalized spacial score (nSPS) is 18.4. The highest BCUT2D eigenvalue weighted by atomic mass is 16.6. The maximum Gasteiger partial charge on any atom is 0.407 e. The zero-order chi connectivity index (χ0) is 24.7. The lowest BCUT2D eigenvalue weighted by Gasteiger charge is -2.24. The SMILES string of the molecule is CC(C)(C)OC(=O)NC1Cc2ccccc2-c2c(C3CCCCC3)c3ccc(C(=O)O)cc3n2C1. The van der Waals surface area contributed by atoms with Crippen LogP contribution in [-0.4, -0.2) is 33.4 Å². The Labute approximate surface area is 206 Å². The molecule has 3 aromatic rings. The molecule has 184 valence electrons. The van der Waals surface area contributed by atoms with Crippen LogP contribution in [0.3, 0.4) is 0 Å². The van der Waals surface area contributed by atoms with Gasteiger partial charge in [0.1, 0.15) is 5.60 Å². The molecule has 1 fully saturated rings. The Morgan fingerprint density at radius 1 is 1.06 bits per heavy atom. The van der Waals surface area contributed by atoms with Crippen molar-refractivity contribution in [2.75, 3.05) is 0 Å². The first-order chi connectivity index (χ1) is 16.7. The van der Waals surface area contributed by atoms with Gasteiger partial charge in [-0.2, -0.15) is 0 Å². The van der Waals surface area contributed by atoms with Crippen LogP contribution in [0.4, 0.5) is 4.79 Å². The molecule has 0 spiro atoms. The molecule has 0 saturated heterocycles. The van der Waals surface area contributed by atoms with Crippen molar-refractivity contribution in [1.82, 2.24) is 9.88 Å². The van der Waals surface area contributed by atoms with Crippen molar-refractivity contribution >= 4 is 23.0 Å². The van der Waals surface area contributed by atoms with Crippen LogP contribution < -0.4 is 5.32 Å². The summed E-state index contributed by atoms with van der Waals surface area (Å²) in [5.41, 5.74) is 5.50. The van der Waals surface area contributed by atoms with Gasteiger partial charge in [-0.25, -0.2) is 9.59 Å². The van der Waals surface area contributed by atoms with E-state index in [4.69, 9.17) is 4.74 Å². The second-order valence-corrected chi connectivity index (χ2v) is 10.9. The lowest BCUT2D eigenvalue weighted by atomic mass is 9.81. The van der Waals surface area contributed by atoms with Crippen LogP contribution in [0.25, 0.3) is 22.2 Å². The highest BCUT2D eigenvalue weighted by molar-refractivity contribution is 5.98. The fraction of sp³-hybridized carbons (Fsp3) is 0.448. The number of carboxylic acid groups (broad SMARTS) is 1. The minimum Gasteiger partial charge on any atom is -0.478 e. The van der Waals surface area contributed by atoms with Crippen LogP contribution in [0, 0.1) is 0 Å². The molecule has 2 aromatic carbocycles. The number of amides is 1. The fourth-order valence-electron chi connectivity index (χ4n) is 5.84. The first kappa shape index (κ1) is 23.5. The molecule has 2 aliphatic rings. The number of alkyl carbamates (subject to hydrolysis) is 1. The third-order valence-corrected chi connectivity index (χ3v) is 7.23. The van der Waals surface area contributed by atoms with Crippen molar-refractivity contribution in [1.29, 1.82) is 0 Å². The molecule has 1 saturated carbocycles. The van der Waals surface area contributed by atoms with E-state index in [-0.39, 0.29) is 11.6 Å². The van der Waals surface area contributed by atoms with Crippen molar-refractivity contribution in [3.8, 4) is 11.3 Å². The van der Waals surface area contributed by atoms with Crippen LogP contribution in [0.5, 0.6) is 0 Å². The number of ether oxygens (including phenoxy) is 1. The number of fused-ring (bicyclic) bond motifs is 5. The van der Waals surface area contributed by atoms with Crippen LogP contribution >= 0.6 is 0 Å². The Bertz CT molecular complexity index is 1280. The number of carboxylic acids is 1. The van der Waals surface area contributed by atoms with Gasteiger partial charge in [0.05, 0.1) is 17.3 Å². The highest BCUT2D eigenvalue weighted by Gasteiger charge is 2.32. The largest absolute Gasteiger partial charge is 0.478 e. The van der Waals surface area contributed by atoms with E-state index in [1.807, 2.05) is 32.9 Å². The minimum absolute atomic E-state index is 0.185. The van der Waals surface area contributed by atoms with E-state index in [0.29, 0.717) is 18.9 Å². The molecule has 6 nitrogen and oxygen atoms in total. The molecular formula is C29H34N2O4. The van der Waals surface area contributed by atoms with Gasteiger partial charge < -0.3 is 19.7 Å². The van der Waals surface area contributed by atoms with E-state index in [1.54, 1.807) is 12.1 Å². The Hall–Kier alpha value is -3.28. The molecule has 1 aromatic heterocycles. The van der Waals surface area contributed by atoms with E-state index in [9.17, 15) is 14.7 Å². The van der Waals surface area contributed by atoms with Gasteiger partial charge in [-0.3, -0.25) is 0 Å². The van der Waals surface area contributed by atoms with E-state index in [1.165, 1.54) is 41.6 Å². The van der Waals surface area contributed by atoms with Gasteiger partial charge in [0, 0.05) is 23.0 Å². The number of aromatic nitrogens is 1. The Morgan fingerprint density at radius 2 is 1.80 bits per heavy atom. The highest BCUT2D eigenvalue weighted by Crippen LogP contribution is 2.46. The van der Waals surface area contributed by atoms with E-state index < -0.39 is 17.7 Å². The number of hydrogen-bond donors (Lipinski definition) is 2.